The molecule has 0 heterocycles. The Bertz CT molecular complexity index is 1640. The Morgan fingerprint density at radius 2 is 1.03 bits per heavy atom. The first-order valence-corrected chi connectivity index (χ1v) is 26.4. The predicted molar refractivity (Wildman–Crippen MR) is 263 cm³/mol. The normalized spacial score (nSPS) is 15.4. The van der Waals surface area contributed by atoms with Gasteiger partial charge in [0.25, 0.3) is 0 Å². The van der Waals surface area contributed by atoms with Crippen LogP contribution in [0.3, 0.4) is 0 Å². The highest BCUT2D eigenvalue weighted by atomic mass is 31.2. The van der Waals surface area contributed by atoms with Gasteiger partial charge in [0.05, 0.1) is 25.9 Å². The zero-order valence-corrected chi connectivity index (χ0v) is 41.1. The molecule has 0 aliphatic heterocycles. The first kappa shape index (κ1) is 62.5. The van der Waals surface area contributed by atoms with Crippen LogP contribution in [-0.4, -0.2) is 81.6 Å². The van der Waals surface area contributed by atoms with E-state index in [1.165, 1.54) is 19.3 Å². The van der Waals surface area contributed by atoms with Crippen LogP contribution in [0.4, 0.5) is 0 Å². The third-order valence-electron chi connectivity index (χ3n) is 8.92. The summed E-state index contributed by atoms with van der Waals surface area (Å²) in [5.74, 6) is -1.26. The van der Waals surface area contributed by atoms with Gasteiger partial charge in [-0.2, -0.15) is 0 Å². The zero-order chi connectivity index (χ0) is 48.8. The third kappa shape index (κ3) is 47.0. The van der Waals surface area contributed by atoms with Gasteiger partial charge in [-0.3, -0.25) is 23.2 Å². The molecule has 0 spiro atoms. The molecule has 0 aliphatic carbocycles. The predicted octanol–water partition coefficient (Wildman–Crippen LogP) is 11.4. The Labute approximate surface area is 395 Å². The van der Waals surface area contributed by atoms with Crippen LogP contribution in [-0.2, 0) is 41.8 Å². The van der Waals surface area contributed by atoms with Crippen LogP contribution in [0, 0.1) is 0 Å². The highest BCUT2D eigenvalue weighted by Gasteiger charge is 2.28. The number of aliphatic hydroxyl groups is 2. The Hall–Kier alpha value is -3.52. The first-order chi connectivity index (χ1) is 31.8. The van der Waals surface area contributed by atoms with E-state index in [0.29, 0.717) is 19.3 Å². The van der Waals surface area contributed by atoms with E-state index in [-0.39, 0.29) is 12.8 Å². The first-order valence-electron chi connectivity index (χ1n) is 23.3. The van der Waals surface area contributed by atoms with Gasteiger partial charge in [0, 0.05) is 12.8 Å². The van der Waals surface area contributed by atoms with Crippen LogP contribution >= 0.6 is 15.6 Å². The molecule has 0 radical (unpaired) electrons. The molecule has 0 rings (SSSR count). The van der Waals surface area contributed by atoms with E-state index in [1.54, 1.807) is 24.3 Å². The van der Waals surface area contributed by atoms with Crippen LogP contribution in [0.5, 0.6) is 0 Å². The second-order valence-electron chi connectivity index (χ2n) is 15.1. The number of phosphoric ester groups is 2. The number of ether oxygens (including phenoxy) is 2. The van der Waals surface area contributed by atoms with Crippen molar-refractivity contribution in [3.05, 3.63) is 122 Å². The lowest BCUT2D eigenvalue weighted by Crippen LogP contribution is -2.29. The average molecular weight is 967 g/mol. The number of esters is 2. The number of carbonyl (C=O) groups excluding carboxylic acids is 2. The maximum Gasteiger partial charge on any atom is 0.472 e. The van der Waals surface area contributed by atoms with Gasteiger partial charge in [-0.05, 0) is 89.9 Å². The summed E-state index contributed by atoms with van der Waals surface area (Å²) in [7, 11) is -9.76. The number of rotatable bonds is 42. The molecule has 0 aromatic carbocycles. The summed E-state index contributed by atoms with van der Waals surface area (Å²) in [6.45, 7) is 1.37. The molecule has 374 valence electrons. The minimum absolute atomic E-state index is 0.0263. The standard InChI is InChI=1S/C50H80O14P2/c1-3-5-7-9-11-13-15-17-18-19-20-21-22-24-26-28-30-32-36-41-50(54)64-48(45-63-66(58,59)62-43-47(52)42-61-65(55,56)57)44-60-49(53)40-37-33-35-39-46(51)38-34-31-29-27-25-23-16-14-12-10-8-6-4-2/h6,8,11-14,17-18,20-21,23-26,29,31,33-35,38,46-48,51-52H,3-5,7,9-10,15-16,19,22,27-28,30,32,36-37,39-45H2,1-2H3,(H,58,59)(H2,55,56,57)/b8-6-,13-11-,14-12-,18-17-,21-20-,25-23-,26-24-,31-29-,35-33-,38-34-/t46?,47-,48+/m0/s1. The largest absolute Gasteiger partial charge is 0.472 e. The molecule has 0 saturated carbocycles. The quantitative estimate of drug-likeness (QED) is 0.0127. The molecule has 0 fully saturated rings. The van der Waals surface area contributed by atoms with E-state index in [2.05, 4.69) is 108 Å². The van der Waals surface area contributed by atoms with Gasteiger partial charge >= 0.3 is 27.6 Å². The molecule has 0 aromatic rings. The van der Waals surface area contributed by atoms with Gasteiger partial charge in [-0.25, -0.2) is 9.13 Å². The fourth-order valence-corrected chi connectivity index (χ4v) is 6.54. The second kappa shape index (κ2) is 44.0. The van der Waals surface area contributed by atoms with Gasteiger partial charge < -0.3 is 34.4 Å². The van der Waals surface area contributed by atoms with Gasteiger partial charge in [0.1, 0.15) is 12.7 Å². The number of phosphoric acid groups is 2. The molecule has 16 heteroatoms. The SMILES string of the molecule is CC/C=C\C/C=C\C/C=C\C/C=C\C=C/C(O)C/C=C\CCC(=O)OC[C@H](COP(=O)(O)OC[C@@H](O)COP(=O)(O)O)OC(=O)CCCCC/C=C\C/C=C\C/C=C\C/C=C\CCCCC. The van der Waals surface area contributed by atoms with Crippen LogP contribution in [0.15, 0.2) is 122 Å². The molecule has 4 atom stereocenters. The van der Waals surface area contributed by atoms with Crippen molar-refractivity contribution in [2.24, 2.45) is 0 Å². The Morgan fingerprint density at radius 3 is 1.61 bits per heavy atom. The summed E-state index contributed by atoms with van der Waals surface area (Å²) in [6.07, 6.45) is 52.2. The Balaban J connectivity index is 4.77. The summed E-state index contributed by atoms with van der Waals surface area (Å²) in [5, 5.41) is 20.0. The van der Waals surface area contributed by atoms with E-state index in [1.807, 2.05) is 12.2 Å². The molecule has 2 unspecified atom stereocenters. The fourth-order valence-electron chi connectivity index (χ4n) is 5.38. The van der Waals surface area contributed by atoms with Crippen molar-refractivity contribution < 1.29 is 66.7 Å². The smallest absolute Gasteiger partial charge is 0.462 e. The van der Waals surface area contributed by atoms with Crippen molar-refractivity contribution >= 4 is 27.6 Å². The highest BCUT2D eigenvalue weighted by molar-refractivity contribution is 7.47. The van der Waals surface area contributed by atoms with Gasteiger partial charge in [0.15, 0.2) is 6.10 Å². The Morgan fingerprint density at radius 1 is 0.515 bits per heavy atom. The van der Waals surface area contributed by atoms with Gasteiger partial charge in [-0.1, -0.05) is 155 Å². The molecule has 14 nitrogen and oxygen atoms in total. The van der Waals surface area contributed by atoms with Crippen molar-refractivity contribution in [3.8, 4) is 0 Å². The molecular formula is C50H80O14P2. The molecular weight excluding hydrogens is 886 g/mol. The van der Waals surface area contributed by atoms with E-state index in [4.69, 9.17) is 23.8 Å². The summed E-state index contributed by atoms with van der Waals surface area (Å²) >= 11 is 0. The van der Waals surface area contributed by atoms with Crippen molar-refractivity contribution in [2.45, 2.75) is 154 Å². The topological polar surface area (TPSA) is 216 Å². The van der Waals surface area contributed by atoms with Crippen molar-refractivity contribution in [3.63, 3.8) is 0 Å². The fraction of sp³-hybridized carbons (Fsp3) is 0.560. The maximum absolute atomic E-state index is 12.7. The van der Waals surface area contributed by atoms with Gasteiger partial charge in [0.2, 0.25) is 0 Å². The summed E-state index contributed by atoms with van der Waals surface area (Å²) in [5.41, 5.74) is 0. The van der Waals surface area contributed by atoms with Crippen LogP contribution in [0.25, 0.3) is 0 Å². The number of carbonyl (C=O) groups is 2. The van der Waals surface area contributed by atoms with E-state index in [0.717, 1.165) is 70.6 Å². The van der Waals surface area contributed by atoms with Crippen LogP contribution in [0.1, 0.15) is 136 Å². The number of allylic oxidation sites excluding steroid dienone is 18. The van der Waals surface area contributed by atoms with Crippen molar-refractivity contribution in [2.75, 3.05) is 26.4 Å². The van der Waals surface area contributed by atoms with Crippen molar-refractivity contribution in [1.82, 2.24) is 0 Å². The number of aliphatic hydroxyl groups excluding tert-OH is 2. The summed E-state index contributed by atoms with van der Waals surface area (Å²) in [4.78, 5) is 52.8. The lowest BCUT2D eigenvalue weighted by molar-refractivity contribution is -0.161. The van der Waals surface area contributed by atoms with Crippen LogP contribution in [0.2, 0.25) is 0 Å². The number of hydrogen-bond acceptors (Lipinski definition) is 11. The molecule has 0 bridgehead atoms. The van der Waals surface area contributed by atoms with E-state index < -0.39 is 72.3 Å². The second-order valence-corrected chi connectivity index (χ2v) is 17.8. The highest BCUT2D eigenvalue weighted by Crippen LogP contribution is 2.43. The monoisotopic (exact) mass is 967 g/mol. The molecule has 0 amide bonds. The molecule has 0 aliphatic rings. The minimum atomic E-state index is -4.89. The number of unbranched alkanes of at least 4 members (excludes halogenated alkanes) is 6. The van der Waals surface area contributed by atoms with Crippen molar-refractivity contribution in [1.29, 1.82) is 0 Å². The van der Waals surface area contributed by atoms with E-state index in [9.17, 15) is 33.8 Å². The van der Waals surface area contributed by atoms with Gasteiger partial charge in [-0.15, -0.1) is 0 Å². The lowest BCUT2D eigenvalue weighted by Gasteiger charge is -2.20. The maximum atomic E-state index is 12.7. The number of hydrogen-bond donors (Lipinski definition) is 5. The van der Waals surface area contributed by atoms with Crippen LogP contribution < -0.4 is 0 Å². The summed E-state index contributed by atoms with van der Waals surface area (Å²) in [6, 6.07) is 0. The molecule has 66 heavy (non-hydrogen) atoms. The summed E-state index contributed by atoms with van der Waals surface area (Å²) < 4.78 is 47.7. The minimum Gasteiger partial charge on any atom is -0.462 e. The molecule has 0 aromatic heterocycles. The molecule has 0 saturated heterocycles. The zero-order valence-electron chi connectivity index (χ0n) is 39.3. The lowest BCUT2D eigenvalue weighted by atomic mass is 10.1. The third-order valence-corrected chi connectivity index (χ3v) is 10.4. The average Bonchev–Trinajstić information content (AvgIpc) is 3.27. The van der Waals surface area contributed by atoms with E-state index >= 15 is 0 Å². The Kier molecular flexibility index (Phi) is 41.7. The molecule has 5 N–H and O–H groups in total.